The highest BCUT2D eigenvalue weighted by molar-refractivity contribution is 5.91. The van der Waals surface area contributed by atoms with Gasteiger partial charge < -0.3 is 25.4 Å². The Morgan fingerprint density at radius 3 is 2.23 bits per heavy atom. The van der Waals surface area contributed by atoms with Gasteiger partial charge in [-0.1, -0.05) is 0 Å². The molecule has 2 amide bonds. The zero-order valence-corrected chi connectivity index (χ0v) is 19.9. The van der Waals surface area contributed by atoms with Crippen LogP contribution in [0.4, 0.5) is 25.4 Å². The quantitative estimate of drug-likeness (QED) is 0.560. The summed E-state index contributed by atoms with van der Waals surface area (Å²) >= 11 is 0. The first kappa shape index (κ1) is 25.1. The van der Waals surface area contributed by atoms with Gasteiger partial charge in [-0.25, -0.2) is 14.0 Å². The molecule has 12 heteroatoms. The maximum absolute atomic E-state index is 15.0. The lowest BCUT2D eigenvalue weighted by atomic mass is 10.1. The van der Waals surface area contributed by atoms with Gasteiger partial charge in [0.1, 0.15) is 23.7 Å². The number of ether oxygens (including phenoxy) is 1. The van der Waals surface area contributed by atoms with Crippen molar-refractivity contribution in [2.24, 2.45) is 5.73 Å². The number of carbonyl (C=O) groups excluding carboxylic acids is 2. The molecule has 3 aliphatic rings. The average molecular weight is 493 g/mol. The van der Waals surface area contributed by atoms with Gasteiger partial charge in [0.2, 0.25) is 0 Å². The van der Waals surface area contributed by atoms with Gasteiger partial charge in [0, 0.05) is 65.4 Å². The first-order chi connectivity index (χ1) is 16.7. The molecule has 0 aromatic heterocycles. The Bertz CT molecular complexity index is 948. The molecule has 0 saturated carbocycles. The largest absolute Gasteiger partial charge is 0.465 e. The number of halogens is 1. The number of nitrogens with zero attached hydrogens (tertiary/aromatic N) is 5. The van der Waals surface area contributed by atoms with Gasteiger partial charge in [0.25, 0.3) is 0 Å². The first-order valence-electron chi connectivity index (χ1n) is 11.9. The Balaban J connectivity index is 1.26. The van der Waals surface area contributed by atoms with Crippen LogP contribution in [0.2, 0.25) is 0 Å². The molecule has 3 N–H and O–H groups in total. The molecular weight excluding hydrogens is 459 g/mol. The predicted molar refractivity (Wildman–Crippen MR) is 127 cm³/mol. The van der Waals surface area contributed by atoms with Crippen LogP contribution >= 0.6 is 0 Å². The second-order valence-electron chi connectivity index (χ2n) is 9.24. The molecule has 1 aromatic carbocycles. The molecule has 0 aliphatic carbocycles. The van der Waals surface area contributed by atoms with Crippen molar-refractivity contribution in [2.45, 2.75) is 19.1 Å². The molecule has 11 nitrogen and oxygen atoms in total. The number of rotatable bonds is 7. The van der Waals surface area contributed by atoms with E-state index in [4.69, 9.17) is 15.6 Å². The van der Waals surface area contributed by atoms with Crippen LogP contribution in [0.15, 0.2) is 18.2 Å². The number of cyclic esters (lactones) is 1. The summed E-state index contributed by atoms with van der Waals surface area (Å²) in [7, 11) is 0. The van der Waals surface area contributed by atoms with E-state index in [9.17, 15) is 14.4 Å². The third-order valence-corrected chi connectivity index (χ3v) is 7.04. The highest BCUT2D eigenvalue weighted by atomic mass is 19.1. The van der Waals surface area contributed by atoms with Gasteiger partial charge >= 0.3 is 12.2 Å². The van der Waals surface area contributed by atoms with Crippen LogP contribution in [0, 0.1) is 5.82 Å². The molecule has 2 atom stereocenters. The lowest BCUT2D eigenvalue weighted by Gasteiger charge is -2.38. The molecule has 3 heterocycles. The van der Waals surface area contributed by atoms with E-state index in [1.807, 2.05) is 4.90 Å². The van der Waals surface area contributed by atoms with Crippen LogP contribution in [0.3, 0.4) is 0 Å². The maximum Gasteiger partial charge on any atom is 0.414 e. The lowest BCUT2D eigenvalue weighted by Crippen LogP contribution is -2.52. The topological polar surface area (TPSA) is 123 Å². The summed E-state index contributed by atoms with van der Waals surface area (Å²) < 4.78 is 20.2. The number of Topliss-reactive ketones (excluding diaryl/α,β-unsaturated/α-hetero) is 1. The molecule has 192 valence electrons. The van der Waals surface area contributed by atoms with E-state index in [0.717, 1.165) is 39.3 Å². The number of hydrogen-bond acceptors (Lipinski definition) is 8. The summed E-state index contributed by atoms with van der Waals surface area (Å²) in [5.41, 5.74) is 6.66. The highest BCUT2D eigenvalue weighted by Crippen LogP contribution is 2.29. The number of carboxylic acid groups (broad SMARTS) is 1. The number of anilines is 2. The van der Waals surface area contributed by atoms with Crippen molar-refractivity contribution >= 4 is 29.3 Å². The standard InChI is InChI=1S/C23H33FN6O5/c1-16(31)21(25)20-15-30(23(34)35-20)17-2-3-19(18(24)14-17)28-10-6-26(7-11-28)4-5-27-8-12-29(13-9-27)22(32)33/h2-3,14,20-21H,4-13,15,25H2,1H3,(H,32,33)/t20-,21?/m0/s1. The van der Waals surface area contributed by atoms with Crippen molar-refractivity contribution in [3.8, 4) is 0 Å². The van der Waals surface area contributed by atoms with Gasteiger partial charge in [-0.2, -0.15) is 0 Å². The zero-order valence-electron chi connectivity index (χ0n) is 19.9. The summed E-state index contributed by atoms with van der Waals surface area (Å²) in [5.74, 6) is -0.689. The Kier molecular flexibility index (Phi) is 7.72. The summed E-state index contributed by atoms with van der Waals surface area (Å²) in [4.78, 5) is 44.1. The molecule has 0 spiro atoms. The number of amides is 2. The fraction of sp³-hybridized carbons (Fsp3) is 0.609. The zero-order chi connectivity index (χ0) is 25.1. The van der Waals surface area contributed by atoms with Crippen molar-refractivity contribution in [3.05, 3.63) is 24.0 Å². The molecule has 3 saturated heterocycles. The molecule has 3 aliphatic heterocycles. The van der Waals surface area contributed by atoms with E-state index < -0.39 is 30.1 Å². The van der Waals surface area contributed by atoms with E-state index in [2.05, 4.69) is 9.80 Å². The Morgan fingerprint density at radius 2 is 1.69 bits per heavy atom. The van der Waals surface area contributed by atoms with Gasteiger partial charge in [-0.15, -0.1) is 0 Å². The van der Waals surface area contributed by atoms with Crippen LogP contribution in [0.5, 0.6) is 0 Å². The molecule has 0 radical (unpaired) electrons. The number of nitrogens with two attached hydrogens (primary N) is 1. The maximum atomic E-state index is 15.0. The van der Waals surface area contributed by atoms with Crippen LogP contribution in [0.25, 0.3) is 0 Å². The minimum Gasteiger partial charge on any atom is -0.465 e. The van der Waals surface area contributed by atoms with Gasteiger partial charge in [0.05, 0.1) is 17.9 Å². The van der Waals surface area contributed by atoms with Crippen LogP contribution in [-0.2, 0) is 9.53 Å². The molecule has 3 fully saturated rings. The summed E-state index contributed by atoms with van der Waals surface area (Å²) in [6.07, 6.45) is -2.25. The van der Waals surface area contributed by atoms with Crippen LogP contribution in [-0.4, -0.2) is 122 Å². The van der Waals surface area contributed by atoms with Crippen molar-refractivity contribution < 1.29 is 28.6 Å². The smallest absolute Gasteiger partial charge is 0.414 e. The van der Waals surface area contributed by atoms with Crippen molar-refractivity contribution in [1.82, 2.24) is 14.7 Å². The fourth-order valence-electron chi connectivity index (χ4n) is 4.72. The number of hydrogen-bond donors (Lipinski definition) is 2. The third-order valence-electron chi connectivity index (χ3n) is 7.04. The summed E-state index contributed by atoms with van der Waals surface area (Å²) in [5, 5.41) is 9.06. The minimum absolute atomic E-state index is 0.0996. The summed E-state index contributed by atoms with van der Waals surface area (Å²) in [6, 6.07) is 3.78. The van der Waals surface area contributed by atoms with Gasteiger partial charge in [-0.05, 0) is 25.1 Å². The fourth-order valence-corrected chi connectivity index (χ4v) is 4.72. The lowest BCUT2D eigenvalue weighted by molar-refractivity contribution is -0.120. The molecule has 1 unspecified atom stereocenters. The molecule has 35 heavy (non-hydrogen) atoms. The number of benzene rings is 1. The first-order valence-corrected chi connectivity index (χ1v) is 11.9. The molecule has 1 aromatic rings. The van der Waals surface area contributed by atoms with Crippen molar-refractivity contribution in [1.29, 1.82) is 0 Å². The monoisotopic (exact) mass is 492 g/mol. The average Bonchev–Trinajstić information content (AvgIpc) is 3.24. The molecule has 0 bridgehead atoms. The minimum atomic E-state index is -0.904. The van der Waals surface area contributed by atoms with Crippen LogP contribution in [0.1, 0.15) is 6.92 Å². The van der Waals surface area contributed by atoms with Crippen molar-refractivity contribution in [2.75, 3.05) is 81.8 Å². The van der Waals surface area contributed by atoms with E-state index in [0.29, 0.717) is 37.6 Å². The number of carbonyl (C=O) groups is 3. The summed E-state index contributed by atoms with van der Waals surface area (Å²) in [6.45, 7) is 8.77. The van der Waals surface area contributed by atoms with Gasteiger partial charge in [-0.3, -0.25) is 19.5 Å². The van der Waals surface area contributed by atoms with E-state index >= 15 is 4.39 Å². The Labute approximate surface area is 203 Å². The van der Waals surface area contributed by atoms with Gasteiger partial charge in [0.15, 0.2) is 0 Å². The normalized spacial score (nSPS) is 22.9. The second-order valence-corrected chi connectivity index (χ2v) is 9.24. The number of piperazine rings is 2. The SMILES string of the molecule is CC(=O)C(N)[C@@H]1CN(c2ccc(N3CCN(CCN4CCN(C(=O)O)CC4)CC3)c(F)c2)C(=O)O1. The molecule has 4 rings (SSSR count). The number of ketones is 1. The third kappa shape index (κ3) is 5.82. The highest BCUT2D eigenvalue weighted by Gasteiger charge is 2.38. The van der Waals surface area contributed by atoms with Crippen molar-refractivity contribution in [3.63, 3.8) is 0 Å². The van der Waals surface area contributed by atoms with E-state index in [1.54, 1.807) is 12.1 Å². The van der Waals surface area contributed by atoms with E-state index in [-0.39, 0.29) is 12.3 Å². The second kappa shape index (κ2) is 10.8. The predicted octanol–water partition coefficient (Wildman–Crippen LogP) is 0.485. The van der Waals surface area contributed by atoms with Crippen LogP contribution < -0.4 is 15.5 Å². The molecular formula is C23H33FN6O5. The Morgan fingerprint density at radius 1 is 1.09 bits per heavy atom. The van der Waals surface area contributed by atoms with E-state index in [1.165, 1.54) is 22.8 Å². The Hall–Kier alpha value is -2.96.